The molecular formula is C15H18O4. The summed E-state index contributed by atoms with van der Waals surface area (Å²) in [5.41, 5.74) is 0.310. The lowest BCUT2D eigenvalue weighted by molar-refractivity contribution is -0.119. The third kappa shape index (κ3) is 1.40. The Morgan fingerprint density at radius 3 is 2.58 bits per heavy atom. The Morgan fingerprint density at radius 2 is 2.00 bits per heavy atom. The molecule has 1 aromatic carbocycles. The van der Waals surface area contributed by atoms with Crippen molar-refractivity contribution < 1.29 is 19.7 Å². The van der Waals surface area contributed by atoms with Gasteiger partial charge in [-0.3, -0.25) is 4.79 Å². The Hall–Kier alpha value is -1.55. The van der Waals surface area contributed by atoms with Crippen molar-refractivity contribution >= 4 is 5.78 Å². The van der Waals surface area contributed by atoms with Crippen LogP contribution >= 0.6 is 0 Å². The first-order chi connectivity index (χ1) is 8.78. The topological polar surface area (TPSA) is 66.8 Å². The molecule has 1 aliphatic heterocycles. The monoisotopic (exact) mass is 262 g/mol. The number of phenols is 1. The first-order valence-corrected chi connectivity index (χ1v) is 6.48. The number of aliphatic hydroxyl groups is 1. The fourth-order valence-corrected chi connectivity index (χ4v) is 3.61. The van der Waals surface area contributed by atoms with Gasteiger partial charge in [0, 0.05) is 18.4 Å². The van der Waals surface area contributed by atoms with Gasteiger partial charge in [0.2, 0.25) is 6.29 Å². The predicted octanol–water partition coefficient (Wildman–Crippen LogP) is 2.04. The van der Waals surface area contributed by atoms with E-state index in [9.17, 15) is 15.0 Å². The van der Waals surface area contributed by atoms with Crippen LogP contribution in [0.5, 0.6) is 11.5 Å². The highest BCUT2D eigenvalue weighted by Gasteiger charge is 2.62. The number of ketones is 1. The lowest BCUT2D eigenvalue weighted by Gasteiger charge is -2.38. The molecule has 0 radical (unpaired) electrons. The summed E-state index contributed by atoms with van der Waals surface area (Å²) in [6, 6.07) is 3.36. The fraction of sp³-hybridized carbons (Fsp3) is 0.533. The molecule has 0 saturated heterocycles. The molecule has 0 bridgehead atoms. The van der Waals surface area contributed by atoms with Crippen LogP contribution in [0.15, 0.2) is 12.1 Å². The third-order valence-electron chi connectivity index (χ3n) is 4.76. The van der Waals surface area contributed by atoms with E-state index in [-0.39, 0.29) is 18.0 Å². The highest BCUT2D eigenvalue weighted by molar-refractivity contribution is 5.85. The fourth-order valence-electron chi connectivity index (χ4n) is 3.61. The number of Topliss-reactive ketones (excluding diaryl/α,β-unsaturated/α-hetero) is 1. The van der Waals surface area contributed by atoms with Crippen molar-refractivity contribution in [2.75, 3.05) is 0 Å². The molecule has 1 aromatic rings. The smallest absolute Gasteiger partial charge is 0.208 e. The summed E-state index contributed by atoms with van der Waals surface area (Å²) in [5, 5.41) is 20.3. The largest absolute Gasteiger partial charge is 0.508 e. The number of rotatable bonds is 0. The molecule has 2 N–H and O–H groups in total. The molecule has 0 unspecified atom stereocenters. The number of carbonyl (C=O) groups excluding carboxylic acids is 1. The van der Waals surface area contributed by atoms with Crippen molar-refractivity contribution in [2.45, 2.75) is 45.3 Å². The van der Waals surface area contributed by atoms with Gasteiger partial charge in [0.1, 0.15) is 17.3 Å². The van der Waals surface area contributed by atoms with Crippen LogP contribution in [0.25, 0.3) is 0 Å². The van der Waals surface area contributed by atoms with Gasteiger partial charge in [-0.2, -0.15) is 0 Å². The summed E-state index contributed by atoms with van der Waals surface area (Å²) in [7, 11) is 0. The van der Waals surface area contributed by atoms with Gasteiger partial charge in [-0.05, 0) is 30.0 Å². The van der Waals surface area contributed by atoms with Crippen LogP contribution in [-0.2, 0) is 10.2 Å². The van der Waals surface area contributed by atoms with Gasteiger partial charge >= 0.3 is 0 Å². The minimum Gasteiger partial charge on any atom is -0.508 e. The number of carbonyl (C=O) groups is 1. The Balaban J connectivity index is 2.25. The van der Waals surface area contributed by atoms with Gasteiger partial charge in [-0.1, -0.05) is 13.8 Å². The van der Waals surface area contributed by atoms with Crippen molar-refractivity contribution in [1.29, 1.82) is 0 Å². The Morgan fingerprint density at radius 1 is 1.32 bits per heavy atom. The molecule has 1 heterocycles. The number of hydrogen-bond donors (Lipinski definition) is 2. The van der Waals surface area contributed by atoms with E-state index in [0.717, 1.165) is 5.56 Å². The molecule has 1 saturated carbocycles. The standard InChI is InChI=1S/C15H18O4/c1-8-4-12-10(5-11(8)17)15(13(18)19-12)7-9(16)6-14(15,2)3/h4-5,13,17-18H,6-7H2,1-3H3/t13-,15+/m1/s1. The summed E-state index contributed by atoms with van der Waals surface area (Å²) < 4.78 is 5.56. The first-order valence-electron chi connectivity index (χ1n) is 6.48. The molecule has 2 atom stereocenters. The van der Waals surface area contributed by atoms with E-state index in [1.807, 2.05) is 13.8 Å². The highest BCUT2D eigenvalue weighted by atomic mass is 16.6. The van der Waals surface area contributed by atoms with E-state index < -0.39 is 17.1 Å². The Kier molecular flexibility index (Phi) is 2.31. The lowest BCUT2D eigenvalue weighted by Crippen LogP contribution is -2.46. The number of benzene rings is 1. The van der Waals surface area contributed by atoms with Crippen molar-refractivity contribution in [3.8, 4) is 11.5 Å². The van der Waals surface area contributed by atoms with Gasteiger partial charge in [0.05, 0.1) is 5.41 Å². The van der Waals surface area contributed by atoms with Crippen molar-refractivity contribution in [1.82, 2.24) is 0 Å². The number of ether oxygens (including phenoxy) is 1. The lowest BCUT2D eigenvalue weighted by atomic mass is 9.64. The van der Waals surface area contributed by atoms with E-state index in [1.54, 1.807) is 19.1 Å². The van der Waals surface area contributed by atoms with Gasteiger partial charge < -0.3 is 14.9 Å². The van der Waals surface area contributed by atoms with Gasteiger partial charge in [-0.25, -0.2) is 0 Å². The zero-order valence-electron chi connectivity index (χ0n) is 11.4. The van der Waals surface area contributed by atoms with Crippen LogP contribution in [0.1, 0.15) is 37.8 Å². The van der Waals surface area contributed by atoms with Crippen LogP contribution in [0.2, 0.25) is 0 Å². The maximum absolute atomic E-state index is 11.9. The number of aliphatic hydroxyl groups excluding tert-OH is 1. The van der Waals surface area contributed by atoms with Gasteiger partial charge in [-0.15, -0.1) is 0 Å². The molecule has 19 heavy (non-hydrogen) atoms. The van der Waals surface area contributed by atoms with E-state index in [1.165, 1.54) is 0 Å². The second-order valence-corrected chi connectivity index (χ2v) is 6.35. The van der Waals surface area contributed by atoms with Crippen LogP contribution in [0, 0.1) is 12.3 Å². The molecule has 4 heteroatoms. The zero-order valence-corrected chi connectivity index (χ0v) is 11.4. The maximum Gasteiger partial charge on any atom is 0.208 e. The molecule has 4 nitrogen and oxygen atoms in total. The predicted molar refractivity (Wildman–Crippen MR) is 69.2 cm³/mol. The normalized spacial score (nSPS) is 31.6. The minimum absolute atomic E-state index is 0.126. The summed E-state index contributed by atoms with van der Waals surface area (Å²) in [4.78, 5) is 11.9. The quantitative estimate of drug-likeness (QED) is 0.751. The molecule has 2 aliphatic rings. The van der Waals surface area contributed by atoms with Crippen LogP contribution in [-0.4, -0.2) is 22.3 Å². The summed E-state index contributed by atoms with van der Waals surface area (Å²) >= 11 is 0. The molecule has 1 spiro atoms. The van der Waals surface area contributed by atoms with Gasteiger partial charge in [0.25, 0.3) is 0 Å². The van der Waals surface area contributed by atoms with Crippen molar-refractivity contribution in [2.24, 2.45) is 5.41 Å². The van der Waals surface area contributed by atoms with E-state index in [0.29, 0.717) is 17.7 Å². The molecule has 102 valence electrons. The molecule has 0 aromatic heterocycles. The molecular weight excluding hydrogens is 244 g/mol. The minimum atomic E-state index is -1.04. The number of phenolic OH excluding ortho intramolecular Hbond substituents is 1. The molecule has 0 amide bonds. The Labute approximate surface area is 112 Å². The van der Waals surface area contributed by atoms with Crippen molar-refractivity contribution in [3.63, 3.8) is 0 Å². The summed E-state index contributed by atoms with van der Waals surface area (Å²) in [6.45, 7) is 5.72. The highest BCUT2D eigenvalue weighted by Crippen LogP contribution is 2.60. The van der Waals surface area contributed by atoms with Crippen molar-refractivity contribution in [3.05, 3.63) is 23.3 Å². The average Bonchev–Trinajstić information content (AvgIpc) is 2.67. The van der Waals surface area contributed by atoms with E-state index in [2.05, 4.69) is 0 Å². The second-order valence-electron chi connectivity index (χ2n) is 6.35. The molecule has 1 fully saturated rings. The number of fused-ring (bicyclic) bond motifs is 2. The number of aromatic hydroxyl groups is 1. The van der Waals surface area contributed by atoms with E-state index >= 15 is 0 Å². The Bertz CT molecular complexity index is 576. The van der Waals surface area contributed by atoms with E-state index in [4.69, 9.17) is 4.74 Å². The first kappa shape index (κ1) is 12.5. The maximum atomic E-state index is 11.9. The number of hydrogen-bond acceptors (Lipinski definition) is 4. The summed E-state index contributed by atoms with van der Waals surface area (Å²) in [5.74, 6) is 0.872. The van der Waals surface area contributed by atoms with Crippen LogP contribution in [0.3, 0.4) is 0 Å². The third-order valence-corrected chi connectivity index (χ3v) is 4.76. The summed E-state index contributed by atoms with van der Waals surface area (Å²) in [6.07, 6.45) is -0.358. The average molecular weight is 262 g/mol. The van der Waals surface area contributed by atoms with Crippen LogP contribution in [0.4, 0.5) is 0 Å². The zero-order chi connectivity index (χ0) is 14.0. The van der Waals surface area contributed by atoms with Gasteiger partial charge in [0.15, 0.2) is 0 Å². The second kappa shape index (κ2) is 3.51. The van der Waals surface area contributed by atoms with Crippen LogP contribution < -0.4 is 4.74 Å². The molecule has 1 aliphatic carbocycles. The number of aryl methyl sites for hydroxylation is 1. The SMILES string of the molecule is Cc1cc2c(cc1O)[C@@]1(CC(=O)CC1(C)C)[C@H](O)O2. The molecule has 3 rings (SSSR count).